The van der Waals surface area contributed by atoms with Crippen molar-refractivity contribution in [2.45, 2.75) is 25.9 Å². The Morgan fingerprint density at radius 1 is 1.00 bits per heavy atom. The SMILES string of the molecule is C[C@H](N)Cn1ccc2c1-c1cc(-c3ccccc3)ccc1C2.O=C(O)/C=C/C(=O)O. The molecule has 2 aromatic carbocycles. The van der Waals surface area contributed by atoms with Gasteiger partial charge in [-0.25, -0.2) is 9.59 Å². The maximum absolute atomic E-state index is 9.55. The fraction of sp³-hybridized carbons (Fsp3) is 0.167. The van der Waals surface area contributed by atoms with Gasteiger partial charge in [0.05, 0.1) is 5.69 Å². The van der Waals surface area contributed by atoms with E-state index in [0.29, 0.717) is 12.2 Å². The largest absolute Gasteiger partial charge is 0.478 e. The number of fused-ring (bicyclic) bond motifs is 3. The zero-order valence-corrected chi connectivity index (χ0v) is 16.7. The van der Waals surface area contributed by atoms with Gasteiger partial charge in [0.2, 0.25) is 0 Å². The number of benzene rings is 2. The number of hydrogen-bond donors (Lipinski definition) is 3. The van der Waals surface area contributed by atoms with E-state index in [4.69, 9.17) is 15.9 Å². The molecule has 1 aliphatic carbocycles. The molecule has 0 saturated heterocycles. The highest BCUT2D eigenvalue weighted by molar-refractivity contribution is 5.89. The number of nitrogens with zero attached hydrogens (tertiary/aromatic N) is 1. The third-order valence-corrected chi connectivity index (χ3v) is 4.75. The summed E-state index contributed by atoms with van der Waals surface area (Å²) in [5.41, 5.74) is 14.1. The van der Waals surface area contributed by atoms with E-state index in [-0.39, 0.29) is 6.04 Å². The first kappa shape index (κ1) is 21.1. The number of aromatic nitrogens is 1. The lowest BCUT2D eigenvalue weighted by molar-refractivity contribution is -0.134. The normalized spacial score (nSPS) is 12.6. The van der Waals surface area contributed by atoms with Crippen molar-refractivity contribution in [2.75, 3.05) is 0 Å². The second kappa shape index (κ2) is 9.24. The minimum atomic E-state index is -1.26. The Labute approximate surface area is 174 Å². The van der Waals surface area contributed by atoms with Crippen molar-refractivity contribution in [2.24, 2.45) is 5.73 Å². The van der Waals surface area contributed by atoms with E-state index < -0.39 is 11.9 Å². The lowest BCUT2D eigenvalue weighted by Gasteiger charge is -2.12. The second-order valence-corrected chi connectivity index (χ2v) is 7.24. The highest BCUT2D eigenvalue weighted by atomic mass is 16.4. The molecule has 1 heterocycles. The summed E-state index contributed by atoms with van der Waals surface area (Å²) in [6.45, 7) is 2.92. The highest BCUT2D eigenvalue weighted by Gasteiger charge is 2.22. The molecule has 0 radical (unpaired) electrons. The van der Waals surface area contributed by atoms with Crippen molar-refractivity contribution < 1.29 is 19.8 Å². The number of carboxylic acids is 2. The van der Waals surface area contributed by atoms with Gasteiger partial charge in [-0.15, -0.1) is 0 Å². The van der Waals surface area contributed by atoms with Crippen molar-refractivity contribution in [3.63, 3.8) is 0 Å². The van der Waals surface area contributed by atoms with Crippen molar-refractivity contribution >= 4 is 11.9 Å². The minimum absolute atomic E-state index is 0.165. The molecular weight excluding hydrogens is 380 g/mol. The van der Waals surface area contributed by atoms with E-state index in [1.807, 2.05) is 0 Å². The number of aliphatic carboxylic acids is 2. The van der Waals surface area contributed by atoms with Gasteiger partial charge in [-0.2, -0.15) is 0 Å². The Balaban J connectivity index is 0.000000275. The number of carboxylic acid groups (broad SMARTS) is 2. The van der Waals surface area contributed by atoms with Crippen LogP contribution in [0.5, 0.6) is 0 Å². The Hall–Kier alpha value is -3.64. The predicted octanol–water partition coefficient (Wildman–Crippen LogP) is 3.79. The molecule has 6 nitrogen and oxygen atoms in total. The molecule has 30 heavy (non-hydrogen) atoms. The van der Waals surface area contributed by atoms with Crippen LogP contribution in [0.15, 0.2) is 72.9 Å². The van der Waals surface area contributed by atoms with Crippen LogP contribution in [-0.2, 0) is 22.6 Å². The lowest BCUT2D eigenvalue weighted by atomic mass is 10.00. The molecule has 0 spiro atoms. The summed E-state index contributed by atoms with van der Waals surface area (Å²) in [6.07, 6.45) is 4.32. The third kappa shape index (κ3) is 5.04. The molecule has 0 aliphatic heterocycles. The lowest BCUT2D eigenvalue weighted by Crippen LogP contribution is -2.22. The summed E-state index contributed by atoms with van der Waals surface area (Å²) >= 11 is 0. The zero-order chi connectivity index (χ0) is 21.7. The summed E-state index contributed by atoms with van der Waals surface area (Å²) in [5, 5.41) is 15.6. The minimum Gasteiger partial charge on any atom is -0.478 e. The van der Waals surface area contributed by atoms with E-state index in [9.17, 15) is 9.59 Å². The third-order valence-electron chi connectivity index (χ3n) is 4.75. The first-order valence-electron chi connectivity index (χ1n) is 9.61. The van der Waals surface area contributed by atoms with Crippen molar-refractivity contribution in [1.82, 2.24) is 4.57 Å². The van der Waals surface area contributed by atoms with E-state index >= 15 is 0 Å². The van der Waals surface area contributed by atoms with Crippen LogP contribution in [0.25, 0.3) is 22.4 Å². The Morgan fingerprint density at radius 3 is 2.27 bits per heavy atom. The van der Waals surface area contributed by atoms with Gasteiger partial charge in [0.1, 0.15) is 0 Å². The molecule has 1 aliphatic rings. The van der Waals surface area contributed by atoms with Gasteiger partial charge in [-0.05, 0) is 41.3 Å². The Bertz CT molecular complexity index is 1070. The van der Waals surface area contributed by atoms with E-state index in [1.54, 1.807) is 0 Å². The second-order valence-electron chi connectivity index (χ2n) is 7.24. The first-order valence-corrected chi connectivity index (χ1v) is 9.61. The number of carbonyl (C=O) groups is 2. The van der Waals surface area contributed by atoms with E-state index in [2.05, 4.69) is 72.3 Å². The van der Waals surface area contributed by atoms with Crippen LogP contribution in [0.2, 0.25) is 0 Å². The summed E-state index contributed by atoms with van der Waals surface area (Å²) in [6, 6.07) is 19.8. The number of hydrogen-bond acceptors (Lipinski definition) is 3. The molecule has 4 rings (SSSR count). The van der Waals surface area contributed by atoms with Crippen LogP contribution < -0.4 is 5.73 Å². The molecule has 6 heteroatoms. The molecule has 0 saturated carbocycles. The maximum Gasteiger partial charge on any atom is 0.328 e. The van der Waals surface area contributed by atoms with Crippen LogP contribution in [-0.4, -0.2) is 32.8 Å². The van der Waals surface area contributed by atoms with Gasteiger partial charge < -0.3 is 20.5 Å². The van der Waals surface area contributed by atoms with Gasteiger partial charge in [-0.3, -0.25) is 0 Å². The van der Waals surface area contributed by atoms with Gasteiger partial charge in [0, 0.05) is 42.9 Å². The molecular formula is C24H24N2O4. The van der Waals surface area contributed by atoms with Crippen molar-refractivity contribution in [3.05, 3.63) is 84.1 Å². The highest BCUT2D eigenvalue weighted by Crippen LogP contribution is 2.39. The molecule has 0 bridgehead atoms. The van der Waals surface area contributed by atoms with Gasteiger partial charge >= 0.3 is 11.9 Å². The van der Waals surface area contributed by atoms with Crippen LogP contribution in [0.3, 0.4) is 0 Å². The number of nitrogens with two attached hydrogens (primary N) is 1. The van der Waals surface area contributed by atoms with Crippen molar-refractivity contribution in [3.8, 4) is 22.4 Å². The van der Waals surface area contributed by atoms with Crippen LogP contribution >= 0.6 is 0 Å². The van der Waals surface area contributed by atoms with E-state index in [1.165, 1.54) is 33.5 Å². The van der Waals surface area contributed by atoms with Crippen LogP contribution in [0.4, 0.5) is 0 Å². The summed E-state index contributed by atoms with van der Waals surface area (Å²) in [7, 11) is 0. The van der Waals surface area contributed by atoms with Gasteiger partial charge in [-0.1, -0.05) is 42.5 Å². The molecule has 1 aromatic heterocycles. The fourth-order valence-corrected chi connectivity index (χ4v) is 3.56. The standard InChI is InChI=1S/C20H20N2.C4H4O4/c1-14(21)13-22-10-9-18-11-17-8-7-16(12-19(17)20(18)22)15-5-3-2-4-6-15;5-3(6)1-2-4(7)8/h2-10,12,14H,11,13,21H2,1H3;1-2H,(H,5,6)(H,7,8)/b;2-1+/t14-;/m0./s1. The smallest absolute Gasteiger partial charge is 0.328 e. The van der Waals surface area contributed by atoms with Crippen LogP contribution in [0.1, 0.15) is 18.1 Å². The maximum atomic E-state index is 9.55. The molecule has 4 N–H and O–H groups in total. The Morgan fingerprint density at radius 2 is 1.67 bits per heavy atom. The average Bonchev–Trinajstić information content (AvgIpc) is 3.26. The van der Waals surface area contributed by atoms with Crippen molar-refractivity contribution in [1.29, 1.82) is 0 Å². The molecule has 3 aromatic rings. The molecule has 0 amide bonds. The summed E-state index contributed by atoms with van der Waals surface area (Å²) < 4.78 is 2.31. The average molecular weight is 404 g/mol. The Kier molecular flexibility index (Phi) is 6.49. The topological polar surface area (TPSA) is 106 Å². The molecule has 0 fully saturated rings. The molecule has 154 valence electrons. The summed E-state index contributed by atoms with van der Waals surface area (Å²) in [4.78, 5) is 19.1. The number of rotatable bonds is 5. The first-order chi connectivity index (χ1) is 14.3. The van der Waals surface area contributed by atoms with Gasteiger partial charge in [0.25, 0.3) is 0 Å². The van der Waals surface area contributed by atoms with Gasteiger partial charge in [0.15, 0.2) is 0 Å². The van der Waals surface area contributed by atoms with Crippen LogP contribution in [0, 0.1) is 0 Å². The fourth-order valence-electron chi connectivity index (χ4n) is 3.56. The molecule has 1 atom stereocenters. The monoisotopic (exact) mass is 404 g/mol. The molecule has 0 unspecified atom stereocenters. The zero-order valence-electron chi connectivity index (χ0n) is 16.7. The van der Waals surface area contributed by atoms with E-state index in [0.717, 1.165) is 13.0 Å². The summed E-state index contributed by atoms with van der Waals surface area (Å²) in [5.74, 6) is -2.51. The predicted molar refractivity (Wildman–Crippen MR) is 116 cm³/mol. The quantitative estimate of drug-likeness (QED) is 0.439.